The van der Waals surface area contributed by atoms with Crippen LogP contribution in [0.3, 0.4) is 0 Å². The normalized spacial score (nSPS) is 19.3. The quantitative estimate of drug-likeness (QED) is 0.924. The SMILES string of the molecule is Cc1nn(C)c(CC(O)C2CCc3ccccc3C2)c1Br. The maximum Gasteiger partial charge on any atom is 0.0738 e. The third-order valence-corrected chi connectivity index (χ3v) is 5.62. The second-order valence-electron chi connectivity index (χ2n) is 6.01. The Morgan fingerprint density at radius 3 is 2.76 bits per heavy atom. The third-order valence-electron chi connectivity index (χ3n) is 4.59. The van der Waals surface area contributed by atoms with Crippen LogP contribution in [0.25, 0.3) is 0 Å². The molecule has 1 aromatic heterocycles. The second kappa shape index (κ2) is 5.93. The van der Waals surface area contributed by atoms with Crippen molar-refractivity contribution in [1.82, 2.24) is 9.78 Å². The maximum atomic E-state index is 10.6. The minimum Gasteiger partial charge on any atom is -0.392 e. The zero-order chi connectivity index (χ0) is 15.0. The van der Waals surface area contributed by atoms with Gasteiger partial charge in [0.05, 0.1) is 22.0 Å². The summed E-state index contributed by atoms with van der Waals surface area (Å²) in [6, 6.07) is 8.59. The van der Waals surface area contributed by atoms with Crippen LogP contribution in [0.2, 0.25) is 0 Å². The van der Waals surface area contributed by atoms with Gasteiger partial charge in [-0.25, -0.2) is 0 Å². The Bertz CT molecular complexity index is 650. The predicted octanol–water partition coefficient (Wildman–Crippen LogP) is 3.20. The summed E-state index contributed by atoms with van der Waals surface area (Å²) in [5, 5.41) is 15.1. The molecular formula is C17H21BrN2O. The molecule has 0 saturated heterocycles. The molecule has 21 heavy (non-hydrogen) atoms. The lowest BCUT2D eigenvalue weighted by Crippen LogP contribution is -2.29. The van der Waals surface area contributed by atoms with Crippen LogP contribution in [0.4, 0.5) is 0 Å². The number of rotatable bonds is 3. The first-order chi connectivity index (χ1) is 10.1. The fourth-order valence-electron chi connectivity index (χ4n) is 3.32. The van der Waals surface area contributed by atoms with E-state index in [1.165, 1.54) is 11.1 Å². The number of aliphatic hydroxyl groups excluding tert-OH is 1. The van der Waals surface area contributed by atoms with Crippen molar-refractivity contribution in [3.63, 3.8) is 0 Å². The highest BCUT2D eigenvalue weighted by molar-refractivity contribution is 9.10. The molecule has 1 N–H and O–H groups in total. The van der Waals surface area contributed by atoms with Gasteiger partial charge in [-0.15, -0.1) is 0 Å². The van der Waals surface area contributed by atoms with Gasteiger partial charge in [0.15, 0.2) is 0 Å². The number of aliphatic hydroxyl groups is 1. The summed E-state index contributed by atoms with van der Waals surface area (Å²) in [5.41, 5.74) is 4.90. The van der Waals surface area contributed by atoms with E-state index in [2.05, 4.69) is 45.3 Å². The van der Waals surface area contributed by atoms with E-state index in [0.717, 1.165) is 35.1 Å². The highest BCUT2D eigenvalue weighted by atomic mass is 79.9. The van der Waals surface area contributed by atoms with E-state index in [1.807, 2.05) is 18.7 Å². The molecule has 0 amide bonds. The molecule has 0 aliphatic heterocycles. The molecule has 2 atom stereocenters. The van der Waals surface area contributed by atoms with Crippen LogP contribution in [0.15, 0.2) is 28.7 Å². The number of hydrogen-bond donors (Lipinski definition) is 1. The van der Waals surface area contributed by atoms with Gasteiger partial charge >= 0.3 is 0 Å². The topological polar surface area (TPSA) is 38.0 Å². The Labute approximate surface area is 134 Å². The smallest absolute Gasteiger partial charge is 0.0738 e. The lowest BCUT2D eigenvalue weighted by Gasteiger charge is -2.28. The van der Waals surface area contributed by atoms with E-state index >= 15 is 0 Å². The number of nitrogens with zero attached hydrogens (tertiary/aromatic N) is 2. The van der Waals surface area contributed by atoms with Crippen molar-refractivity contribution in [3.8, 4) is 0 Å². The molecule has 3 rings (SSSR count). The molecule has 112 valence electrons. The first-order valence-electron chi connectivity index (χ1n) is 7.49. The van der Waals surface area contributed by atoms with E-state index in [-0.39, 0.29) is 6.10 Å². The summed E-state index contributed by atoms with van der Waals surface area (Å²) in [7, 11) is 1.94. The van der Waals surface area contributed by atoms with Gasteiger partial charge in [0.2, 0.25) is 0 Å². The predicted molar refractivity (Wildman–Crippen MR) is 87.3 cm³/mol. The highest BCUT2D eigenvalue weighted by Crippen LogP contribution is 2.30. The summed E-state index contributed by atoms with van der Waals surface area (Å²) >= 11 is 3.58. The van der Waals surface area contributed by atoms with Crippen molar-refractivity contribution in [3.05, 3.63) is 51.3 Å². The fraction of sp³-hybridized carbons (Fsp3) is 0.471. The maximum absolute atomic E-state index is 10.6. The summed E-state index contributed by atoms with van der Waals surface area (Å²) in [4.78, 5) is 0. The molecule has 3 nitrogen and oxygen atoms in total. The molecule has 1 aliphatic carbocycles. The zero-order valence-corrected chi connectivity index (χ0v) is 14.1. The van der Waals surface area contributed by atoms with E-state index < -0.39 is 0 Å². The van der Waals surface area contributed by atoms with E-state index in [9.17, 15) is 5.11 Å². The van der Waals surface area contributed by atoms with E-state index in [0.29, 0.717) is 12.3 Å². The fourth-order valence-corrected chi connectivity index (χ4v) is 3.82. The molecule has 2 aromatic rings. The summed E-state index contributed by atoms with van der Waals surface area (Å²) in [5.74, 6) is 0.335. The lowest BCUT2D eigenvalue weighted by atomic mass is 9.80. The molecule has 1 aliphatic rings. The van der Waals surface area contributed by atoms with Crippen molar-refractivity contribution in [2.45, 2.75) is 38.7 Å². The first kappa shape index (κ1) is 14.8. The average Bonchev–Trinajstić information content (AvgIpc) is 2.73. The van der Waals surface area contributed by atoms with E-state index in [4.69, 9.17) is 0 Å². The summed E-state index contributed by atoms with van der Waals surface area (Å²) in [6.45, 7) is 1.98. The largest absolute Gasteiger partial charge is 0.392 e. The molecule has 0 saturated carbocycles. The first-order valence-corrected chi connectivity index (χ1v) is 8.28. The molecule has 0 spiro atoms. The van der Waals surface area contributed by atoms with Crippen LogP contribution >= 0.6 is 15.9 Å². The molecular weight excluding hydrogens is 328 g/mol. The van der Waals surface area contributed by atoms with Gasteiger partial charge in [0.25, 0.3) is 0 Å². The van der Waals surface area contributed by atoms with Crippen LogP contribution in [0, 0.1) is 12.8 Å². The van der Waals surface area contributed by atoms with Crippen LogP contribution in [0.1, 0.15) is 28.9 Å². The number of halogens is 1. The van der Waals surface area contributed by atoms with Gasteiger partial charge in [-0.2, -0.15) is 5.10 Å². The number of fused-ring (bicyclic) bond motifs is 1. The van der Waals surface area contributed by atoms with Gasteiger partial charge in [-0.05, 0) is 59.2 Å². The molecule has 1 aromatic carbocycles. The van der Waals surface area contributed by atoms with Gasteiger partial charge in [0.1, 0.15) is 0 Å². The minimum absolute atomic E-state index is 0.315. The molecule has 1 heterocycles. The Hall–Kier alpha value is -1.13. The number of aryl methyl sites for hydroxylation is 3. The van der Waals surface area contributed by atoms with Crippen LogP contribution in [-0.4, -0.2) is 21.0 Å². The van der Waals surface area contributed by atoms with Crippen molar-refractivity contribution >= 4 is 15.9 Å². The number of aromatic nitrogens is 2. The Balaban J connectivity index is 1.73. The van der Waals surface area contributed by atoms with Gasteiger partial charge in [-0.1, -0.05) is 24.3 Å². The van der Waals surface area contributed by atoms with Crippen LogP contribution < -0.4 is 0 Å². The van der Waals surface area contributed by atoms with Crippen molar-refractivity contribution in [1.29, 1.82) is 0 Å². The monoisotopic (exact) mass is 348 g/mol. The van der Waals surface area contributed by atoms with E-state index in [1.54, 1.807) is 0 Å². The summed E-state index contributed by atoms with van der Waals surface area (Å²) in [6.07, 6.45) is 3.46. The van der Waals surface area contributed by atoms with Crippen molar-refractivity contribution < 1.29 is 5.11 Å². The number of benzene rings is 1. The Morgan fingerprint density at radius 1 is 1.38 bits per heavy atom. The zero-order valence-electron chi connectivity index (χ0n) is 12.5. The minimum atomic E-state index is -0.315. The summed E-state index contributed by atoms with van der Waals surface area (Å²) < 4.78 is 2.90. The average molecular weight is 349 g/mol. The lowest BCUT2D eigenvalue weighted by molar-refractivity contribution is 0.0973. The second-order valence-corrected chi connectivity index (χ2v) is 6.81. The van der Waals surface area contributed by atoms with Crippen molar-refractivity contribution in [2.24, 2.45) is 13.0 Å². The highest BCUT2D eigenvalue weighted by Gasteiger charge is 2.26. The third kappa shape index (κ3) is 2.92. The molecule has 4 heteroatoms. The van der Waals surface area contributed by atoms with Gasteiger partial charge in [-0.3, -0.25) is 4.68 Å². The standard InChI is InChI=1S/C17H21BrN2O/c1-11-17(18)15(20(2)19-11)10-16(21)14-8-7-12-5-3-4-6-13(12)9-14/h3-6,14,16,21H,7-10H2,1-2H3. The van der Waals surface area contributed by atoms with Gasteiger partial charge in [0, 0.05) is 13.5 Å². The van der Waals surface area contributed by atoms with Crippen LogP contribution in [-0.2, 0) is 26.3 Å². The molecule has 2 unspecified atom stereocenters. The molecule has 0 fully saturated rings. The van der Waals surface area contributed by atoms with Crippen LogP contribution in [0.5, 0.6) is 0 Å². The Morgan fingerprint density at radius 2 is 2.10 bits per heavy atom. The number of hydrogen-bond acceptors (Lipinski definition) is 2. The van der Waals surface area contributed by atoms with Crippen molar-refractivity contribution in [2.75, 3.05) is 0 Å². The van der Waals surface area contributed by atoms with Gasteiger partial charge < -0.3 is 5.11 Å². The molecule has 0 bridgehead atoms. The Kier molecular flexibility index (Phi) is 4.18. The molecule has 0 radical (unpaired) electrons.